The highest BCUT2D eigenvalue weighted by Gasteiger charge is 2.21. The molecule has 0 aliphatic carbocycles. The lowest BCUT2D eigenvalue weighted by Gasteiger charge is -2.13. The van der Waals surface area contributed by atoms with E-state index < -0.39 is 17.5 Å². The van der Waals surface area contributed by atoms with Crippen LogP contribution in [0.4, 0.5) is 8.78 Å². The van der Waals surface area contributed by atoms with Gasteiger partial charge in [-0.25, -0.2) is 8.78 Å². The maximum Gasteiger partial charge on any atom is 0.255 e. The highest BCUT2D eigenvalue weighted by atomic mass is 19.1. The van der Waals surface area contributed by atoms with Crippen LogP contribution >= 0.6 is 0 Å². The normalized spacial score (nSPS) is 12.2. The minimum Gasteiger partial charge on any atom is -0.396 e. The average molecular weight is 309 g/mol. The maximum absolute atomic E-state index is 13.8. The number of aliphatic hydroxyl groups is 1. The van der Waals surface area contributed by atoms with E-state index >= 15 is 0 Å². The van der Waals surface area contributed by atoms with Crippen molar-refractivity contribution in [3.8, 4) is 11.3 Å². The first kappa shape index (κ1) is 16.1. The van der Waals surface area contributed by atoms with Crippen molar-refractivity contribution in [3.63, 3.8) is 0 Å². The number of aromatic amines is 1. The molecule has 0 aliphatic rings. The zero-order valence-corrected chi connectivity index (χ0v) is 12.1. The van der Waals surface area contributed by atoms with Gasteiger partial charge in [-0.05, 0) is 31.9 Å². The van der Waals surface area contributed by atoms with Gasteiger partial charge in [0.15, 0.2) is 0 Å². The van der Waals surface area contributed by atoms with Gasteiger partial charge in [-0.3, -0.25) is 9.89 Å². The molecule has 0 spiro atoms. The molecule has 1 atom stereocenters. The van der Waals surface area contributed by atoms with Gasteiger partial charge in [-0.1, -0.05) is 6.07 Å². The number of benzene rings is 1. The number of nitrogens with one attached hydrogen (secondary N) is 2. The second kappa shape index (κ2) is 7.13. The SMILES string of the molecule is CC(CCCO)NC(=O)c1cn[nH]c1-c1c(F)cccc1F. The lowest BCUT2D eigenvalue weighted by Crippen LogP contribution is -2.32. The summed E-state index contributed by atoms with van der Waals surface area (Å²) in [5, 5.41) is 17.7. The number of carbonyl (C=O) groups is 1. The Bertz CT molecular complexity index is 638. The number of amides is 1. The van der Waals surface area contributed by atoms with Crippen molar-refractivity contribution in [2.75, 3.05) is 6.61 Å². The van der Waals surface area contributed by atoms with Gasteiger partial charge in [0.05, 0.1) is 23.0 Å². The first-order valence-electron chi connectivity index (χ1n) is 6.94. The second-order valence-corrected chi connectivity index (χ2v) is 5.00. The van der Waals surface area contributed by atoms with Crippen molar-refractivity contribution < 1.29 is 18.7 Å². The third-order valence-corrected chi connectivity index (χ3v) is 3.27. The first-order chi connectivity index (χ1) is 10.5. The Balaban J connectivity index is 2.24. The standard InChI is InChI=1S/C15H17F2N3O2/c1-9(4-3-7-21)19-15(22)10-8-18-20-14(10)13-11(16)5-2-6-12(13)17/h2,5-6,8-9,21H,3-4,7H2,1H3,(H,18,20)(H,19,22). The van der Waals surface area contributed by atoms with Gasteiger partial charge in [0, 0.05) is 12.6 Å². The molecule has 0 fully saturated rings. The van der Waals surface area contributed by atoms with E-state index in [1.54, 1.807) is 6.92 Å². The number of rotatable bonds is 6. The van der Waals surface area contributed by atoms with Crippen LogP contribution in [0.1, 0.15) is 30.1 Å². The summed E-state index contributed by atoms with van der Waals surface area (Å²) in [6, 6.07) is 3.31. The fraction of sp³-hybridized carbons (Fsp3) is 0.333. The third-order valence-electron chi connectivity index (χ3n) is 3.27. The molecule has 118 valence electrons. The number of halogens is 2. The van der Waals surface area contributed by atoms with Crippen molar-refractivity contribution in [1.82, 2.24) is 15.5 Å². The molecule has 2 aromatic rings. The molecule has 1 aromatic carbocycles. The molecule has 1 heterocycles. The highest BCUT2D eigenvalue weighted by molar-refractivity contribution is 5.99. The Hall–Kier alpha value is -2.28. The number of aliphatic hydroxyl groups excluding tert-OH is 1. The molecule has 0 bridgehead atoms. The Morgan fingerprint density at radius 2 is 2.09 bits per heavy atom. The molecule has 0 saturated carbocycles. The molecule has 7 heteroatoms. The molecule has 22 heavy (non-hydrogen) atoms. The number of H-pyrrole nitrogens is 1. The summed E-state index contributed by atoms with van der Waals surface area (Å²) in [4.78, 5) is 12.2. The lowest BCUT2D eigenvalue weighted by molar-refractivity contribution is 0.0937. The minimum atomic E-state index is -0.772. The predicted molar refractivity (Wildman–Crippen MR) is 77.2 cm³/mol. The monoisotopic (exact) mass is 309 g/mol. The molecule has 0 radical (unpaired) electrons. The van der Waals surface area contributed by atoms with Gasteiger partial charge in [0.2, 0.25) is 0 Å². The Kier molecular flexibility index (Phi) is 5.21. The maximum atomic E-state index is 13.8. The summed E-state index contributed by atoms with van der Waals surface area (Å²) >= 11 is 0. The third kappa shape index (κ3) is 3.48. The van der Waals surface area contributed by atoms with Crippen LogP contribution in [0.5, 0.6) is 0 Å². The number of hydrogen-bond acceptors (Lipinski definition) is 3. The van der Waals surface area contributed by atoms with Gasteiger partial charge >= 0.3 is 0 Å². The van der Waals surface area contributed by atoms with Crippen LogP contribution in [0.25, 0.3) is 11.3 Å². The van der Waals surface area contributed by atoms with Gasteiger partial charge < -0.3 is 10.4 Å². The number of carbonyl (C=O) groups excluding carboxylic acids is 1. The van der Waals surface area contributed by atoms with Crippen molar-refractivity contribution in [1.29, 1.82) is 0 Å². The summed E-state index contributed by atoms with van der Waals surface area (Å²) in [6.07, 6.45) is 2.39. The molecule has 1 amide bonds. The Labute approximate surface area is 126 Å². The molecule has 0 aliphatic heterocycles. The molecular formula is C15H17F2N3O2. The van der Waals surface area contributed by atoms with Crippen LogP contribution in [0, 0.1) is 11.6 Å². The summed E-state index contributed by atoms with van der Waals surface area (Å²) in [7, 11) is 0. The lowest BCUT2D eigenvalue weighted by atomic mass is 10.1. The van der Waals surface area contributed by atoms with E-state index in [4.69, 9.17) is 5.11 Å². The topological polar surface area (TPSA) is 78.0 Å². The zero-order chi connectivity index (χ0) is 16.1. The number of aromatic nitrogens is 2. The molecule has 2 rings (SSSR count). The fourth-order valence-corrected chi connectivity index (χ4v) is 2.16. The summed E-state index contributed by atoms with van der Waals surface area (Å²) in [5.74, 6) is -2.02. The fourth-order valence-electron chi connectivity index (χ4n) is 2.16. The van der Waals surface area contributed by atoms with Crippen LogP contribution in [0.3, 0.4) is 0 Å². The summed E-state index contributed by atoms with van der Waals surface area (Å²) in [5.41, 5.74) is -0.240. The summed E-state index contributed by atoms with van der Waals surface area (Å²) in [6.45, 7) is 1.83. The Morgan fingerprint density at radius 3 is 2.73 bits per heavy atom. The zero-order valence-electron chi connectivity index (χ0n) is 12.1. The minimum absolute atomic E-state index is 0.00228. The first-order valence-corrected chi connectivity index (χ1v) is 6.94. The van der Waals surface area contributed by atoms with Crippen LogP contribution in [0.15, 0.2) is 24.4 Å². The van der Waals surface area contributed by atoms with Gasteiger partial charge in [0.25, 0.3) is 5.91 Å². The second-order valence-electron chi connectivity index (χ2n) is 5.00. The number of hydrogen-bond donors (Lipinski definition) is 3. The van der Waals surface area contributed by atoms with Crippen LogP contribution in [0.2, 0.25) is 0 Å². The molecule has 0 saturated heterocycles. The smallest absolute Gasteiger partial charge is 0.255 e. The van der Waals surface area contributed by atoms with Crippen molar-refractivity contribution >= 4 is 5.91 Å². The van der Waals surface area contributed by atoms with Gasteiger partial charge in [0.1, 0.15) is 11.6 Å². The van der Waals surface area contributed by atoms with E-state index in [0.717, 1.165) is 12.1 Å². The molecule has 5 nitrogen and oxygen atoms in total. The van der Waals surface area contributed by atoms with Crippen LogP contribution in [-0.2, 0) is 0 Å². The highest BCUT2D eigenvalue weighted by Crippen LogP contribution is 2.27. The molecule has 3 N–H and O–H groups in total. The van der Waals surface area contributed by atoms with E-state index in [1.807, 2.05) is 0 Å². The predicted octanol–water partition coefficient (Wildman–Crippen LogP) is 2.25. The van der Waals surface area contributed by atoms with E-state index in [0.29, 0.717) is 12.8 Å². The molecule has 1 aromatic heterocycles. The van der Waals surface area contributed by atoms with E-state index in [9.17, 15) is 13.6 Å². The van der Waals surface area contributed by atoms with Crippen molar-refractivity contribution in [2.24, 2.45) is 0 Å². The van der Waals surface area contributed by atoms with E-state index in [-0.39, 0.29) is 29.5 Å². The average Bonchev–Trinajstić information content (AvgIpc) is 2.94. The van der Waals surface area contributed by atoms with Crippen LogP contribution < -0.4 is 5.32 Å². The Morgan fingerprint density at radius 1 is 1.41 bits per heavy atom. The molecular weight excluding hydrogens is 292 g/mol. The van der Waals surface area contributed by atoms with E-state index in [1.165, 1.54) is 12.3 Å². The largest absolute Gasteiger partial charge is 0.396 e. The van der Waals surface area contributed by atoms with Crippen molar-refractivity contribution in [2.45, 2.75) is 25.8 Å². The van der Waals surface area contributed by atoms with Gasteiger partial charge in [-0.2, -0.15) is 5.10 Å². The van der Waals surface area contributed by atoms with Gasteiger partial charge in [-0.15, -0.1) is 0 Å². The quantitative estimate of drug-likeness (QED) is 0.766. The van der Waals surface area contributed by atoms with Crippen molar-refractivity contribution in [3.05, 3.63) is 41.6 Å². The summed E-state index contributed by atoms with van der Waals surface area (Å²) < 4.78 is 27.7. The number of nitrogens with zero attached hydrogens (tertiary/aromatic N) is 1. The van der Waals surface area contributed by atoms with E-state index in [2.05, 4.69) is 15.5 Å². The van der Waals surface area contributed by atoms with Crippen LogP contribution in [-0.4, -0.2) is 33.9 Å². The molecule has 1 unspecified atom stereocenters.